The lowest BCUT2D eigenvalue weighted by atomic mass is 9.99. The first-order chi connectivity index (χ1) is 9.63. The van der Waals surface area contributed by atoms with Crippen molar-refractivity contribution in [3.05, 3.63) is 59.2 Å². The number of carboxylic acid groups (broad SMARTS) is 1. The third kappa shape index (κ3) is 2.30. The summed E-state index contributed by atoms with van der Waals surface area (Å²) in [6.07, 6.45) is 1.68. The zero-order valence-corrected chi connectivity index (χ0v) is 11.1. The molecule has 1 N–H and O–H groups in total. The van der Waals surface area contributed by atoms with E-state index in [0.717, 1.165) is 22.4 Å². The standard InChI is InChI=1S/C17H14O3/c1-11-2-4-12(5-3-11)13-6-7-16-14(8-13)9-15(10-20-16)17(18)19/h2-9H,10H2,1H3,(H,18,19). The number of fused-ring (bicyclic) bond motifs is 1. The van der Waals surface area contributed by atoms with Crippen LogP contribution in [0.25, 0.3) is 17.2 Å². The van der Waals surface area contributed by atoms with Crippen LogP contribution in [0, 0.1) is 6.92 Å². The Kier molecular flexibility index (Phi) is 3.03. The average molecular weight is 266 g/mol. The quantitative estimate of drug-likeness (QED) is 0.904. The molecule has 2 aromatic rings. The Labute approximate surface area is 117 Å². The Morgan fingerprint density at radius 2 is 1.80 bits per heavy atom. The number of hydrogen-bond acceptors (Lipinski definition) is 2. The number of carboxylic acids is 1. The fourth-order valence-corrected chi connectivity index (χ4v) is 2.23. The molecular weight excluding hydrogens is 252 g/mol. The summed E-state index contributed by atoms with van der Waals surface area (Å²) >= 11 is 0. The van der Waals surface area contributed by atoms with Crippen molar-refractivity contribution >= 4 is 12.0 Å². The number of rotatable bonds is 2. The van der Waals surface area contributed by atoms with Crippen molar-refractivity contribution in [1.82, 2.24) is 0 Å². The monoisotopic (exact) mass is 266 g/mol. The molecule has 1 heterocycles. The lowest BCUT2D eigenvalue weighted by Gasteiger charge is -2.16. The Morgan fingerprint density at radius 1 is 1.10 bits per heavy atom. The molecule has 0 saturated carbocycles. The Hall–Kier alpha value is -2.55. The molecular formula is C17H14O3. The highest BCUT2D eigenvalue weighted by molar-refractivity contribution is 5.94. The van der Waals surface area contributed by atoms with Gasteiger partial charge in [-0.2, -0.15) is 0 Å². The molecule has 100 valence electrons. The molecule has 1 aliphatic heterocycles. The summed E-state index contributed by atoms with van der Waals surface area (Å²) in [5, 5.41) is 9.03. The van der Waals surface area contributed by atoms with Gasteiger partial charge >= 0.3 is 5.97 Å². The van der Waals surface area contributed by atoms with Crippen LogP contribution in [0.1, 0.15) is 11.1 Å². The lowest BCUT2D eigenvalue weighted by Crippen LogP contribution is -2.14. The van der Waals surface area contributed by atoms with E-state index in [-0.39, 0.29) is 12.2 Å². The van der Waals surface area contributed by atoms with E-state index < -0.39 is 5.97 Å². The van der Waals surface area contributed by atoms with Crippen LogP contribution in [-0.2, 0) is 4.79 Å². The second-order valence-electron chi connectivity index (χ2n) is 4.88. The first-order valence-corrected chi connectivity index (χ1v) is 6.41. The third-order valence-electron chi connectivity index (χ3n) is 3.38. The molecule has 0 aliphatic carbocycles. The summed E-state index contributed by atoms with van der Waals surface area (Å²) in [6, 6.07) is 14.1. The van der Waals surface area contributed by atoms with Crippen molar-refractivity contribution < 1.29 is 14.6 Å². The normalized spacial score (nSPS) is 13.2. The van der Waals surface area contributed by atoms with Gasteiger partial charge in [0.1, 0.15) is 12.4 Å². The number of carbonyl (C=O) groups is 1. The van der Waals surface area contributed by atoms with Gasteiger partial charge in [-0.15, -0.1) is 0 Å². The summed E-state index contributed by atoms with van der Waals surface area (Å²) < 4.78 is 5.46. The molecule has 1 aliphatic rings. The summed E-state index contributed by atoms with van der Waals surface area (Å²) in [4.78, 5) is 11.0. The summed E-state index contributed by atoms with van der Waals surface area (Å²) in [5.41, 5.74) is 4.46. The van der Waals surface area contributed by atoms with Crippen LogP contribution in [0.3, 0.4) is 0 Å². The molecule has 0 spiro atoms. The zero-order chi connectivity index (χ0) is 14.1. The van der Waals surface area contributed by atoms with Crippen molar-refractivity contribution in [3.63, 3.8) is 0 Å². The topological polar surface area (TPSA) is 46.5 Å². The second kappa shape index (κ2) is 4.85. The van der Waals surface area contributed by atoms with Crippen molar-refractivity contribution in [2.75, 3.05) is 6.61 Å². The van der Waals surface area contributed by atoms with E-state index in [9.17, 15) is 4.79 Å². The minimum absolute atomic E-state index is 0.117. The van der Waals surface area contributed by atoms with Gasteiger partial charge in [0.05, 0.1) is 5.57 Å². The highest BCUT2D eigenvalue weighted by Gasteiger charge is 2.16. The number of aryl methyl sites for hydroxylation is 1. The smallest absolute Gasteiger partial charge is 0.335 e. The van der Waals surface area contributed by atoms with Gasteiger partial charge in [-0.05, 0) is 36.3 Å². The first kappa shape index (κ1) is 12.5. The minimum atomic E-state index is -0.934. The number of aliphatic carboxylic acids is 1. The SMILES string of the molecule is Cc1ccc(-c2ccc3c(c2)C=C(C(=O)O)CO3)cc1. The van der Waals surface area contributed by atoms with Crippen molar-refractivity contribution in [2.45, 2.75) is 6.92 Å². The van der Waals surface area contributed by atoms with E-state index in [1.54, 1.807) is 6.08 Å². The molecule has 2 aromatic carbocycles. The van der Waals surface area contributed by atoms with E-state index in [1.807, 2.05) is 25.1 Å². The first-order valence-electron chi connectivity index (χ1n) is 6.41. The van der Waals surface area contributed by atoms with Gasteiger partial charge in [-0.1, -0.05) is 35.9 Å². The highest BCUT2D eigenvalue weighted by Crippen LogP contribution is 2.31. The molecule has 3 heteroatoms. The maximum absolute atomic E-state index is 11.0. The molecule has 0 atom stereocenters. The maximum Gasteiger partial charge on any atom is 0.335 e. The molecule has 0 radical (unpaired) electrons. The van der Waals surface area contributed by atoms with Crippen molar-refractivity contribution in [3.8, 4) is 16.9 Å². The van der Waals surface area contributed by atoms with Gasteiger partial charge in [0, 0.05) is 5.56 Å². The van der Waals surface area contributed by atoms with Gasteiger partial charge in [0.15, 0.2) is 0 Å². The van der Waals surface area contributed by atoms with Crippen molar-refractivity contribution in [2.24, 2.45) is 0 Å². The molecule has 0 aromatic heterocycles. The fourth-order valence-electron chi connectivity index (χ4n) is 2.23. The van der Waals surface area contributed by atoms with E-state index in [2.05, 4.69) is 24.3 Å². The highest BCUT2D eigenvalue weighted by atomic mass is 16.5. The van der Waals surface area contributed by atoms with Crippen LogP contribution in [-0.4, -0.2) is 17.7 Å². The van der Waals surface area contributed by atoms with Gasteiger partial charge in [-0.25, -0.2) is 4.79 Å². The van der Waals surface area contributed by atoms with Gasteiger partial charge < -0.3 is 9.84 Å². The summed E-state index contributed by atoms with van der Waals surface area (Å²) in [6.45, 7) is 2.17. The third-order valence-corrected chi connectivity index (χ3v) is 3.38. The van der Waals surface area contributed by atoms with Gasteiger partial charge in [-0.3, -0.25) is 0 Å². The zero-order valence-electron chi connectivity index (χ0n) is 11.1. The average Bonchev–Trinajstić information content (AvgIpc) is 2.47. The van der Waals surface area contributed by atoms with E-state index in [4.69, 9.17) is 9.84 Å². The predicted octanol–water partition coefficient (Wildman–Crippen LogP) is 3.52. The molecule has 3 nitrogen and oxygen atoms in total. The maximum atomic E-state index is 11.0. The van der Waals surface area contributed by atoms with Gasteiger partial charge in [0.2, 0.25) is 0 Å². The van der Waals surface area contributed by atoms with Gasteiger partial charge in [0.25, 0.3) is 0 Å². The van der Waals surface area contributed by atoms with Crippen LogP contribution in [0.5, 0.6) is 5.75 Å². The van der Waals surface area contributed by atoms with Crippen molar-refractivity contribution in [1.29, 1.82) is 0 Å². The molecule has 20 heavy (non-hydrogen) atoms. The fraction of sp³-hybridized carbons (Fsp3) is 0.118. The Morgan fingerprint density at radius 3 is 2.50 bits per heavy atom. The molecule has 0 unspecified atom stereocenters. The minimum Gasteiger partial charge on any atom is -0.488 e. The second-order valence-corrected chi connectivity index (χ2v) is 4.88. The Bertz CT molecular complexity index is 697. The molecule has 3 rings (SSSR count). The van der Waals surface area contributed by atoms with Crippen LogP contribution < -0.4 is 4.74 Å². The van der Waals surface area contributed by atoms with Crippen LogP contribution in [0.15, 0.2) is 48.0 Å². The van der Waals surface area contributed by atoms with E-state index >= 15 is 0 Å². The van der Waals surface area contributed by atoms with Crippen LogP contribution in [0.4, 0.5) is 0 Å². The lowest BCUT2D eigenvalue weighted by molar-refractivity contribution is -0.132. The summed E-state index contributed by atoms with van der Waals surface area (Å²) in [7, 11) is 0. The predicted molar refractivity (Wildman–Crippen MR) is 77.7 cm³/mol. The number of hydrogen-bond donors (Lipinski definition) is 1. The Balaban J connectivity index is 2.03. The molecule has 0 saturated heterocycles. The van der Waals surface area contributed by atoms with E-state index in [0.29, 0.717) is 0 Å². The molecule has 0 bridgehead atoms. The van der Waals surface area contributed by atoms with Crippen LogP contribution >= 0.6 is 0 Å². The number of ether oxygens (including phenoxy) is 1. The van der Waals surface area contributed by atoms with E-state index in [1.165, 1.54) is 5.56 Å². The number of benzene rings is 2. The largest absolute Gasteiger partial charge is 0.488 e. The molecule has 0 amide bonds. The molecule has 0 fully saturated rings. The summed E-state index contributed by atoms with van der Waals surface area (Å²) in [5.74, 6) is -0.206. The van der Waals surface area contributed by atoms with Crippen LogP contribution in [0.2, 0.25) is 0 Å².